The Bertz CT molecular complexity index is 645. The molecular formula is C17H27N3O6P+. The Kier molecular flexibility index (Phi) is 7.64. The van der Waals surface area contributed by atoms with Crippen LogP contribution in [0.5, 0.6) is 0 Å². The quantitative estimate of drug-likeness (QED) is 0.437. The molecule has 1 aliphatic heterocycles. The number of pyridine rings is 1. The molecule has 1 aromatic heterocycles. The van der Waals surface area contributed by atoms with Crippen molar-refractivity contribution in [2.24, 2.45) is 5.41 Å². The standard InChI is InChI=1S/C17H26N3O6P/c1-17(2)12-25-27(23,20-11-6-13-4-8-18-9-5-13)26-15(17)16(22)19-10-7-14(21)24-3/h4-5,8-9,15,20,23H,6-7,10-12H2,1-3H3/p+1/t15-,27?/m0/s1. The maximum absolute atomic E-state index is 12.5. The fourth-order valence-electron chi connectivity index (χ4n) is 2.50. The number of aromatic nitrogens is 1. The van der Waals surface area contributed by atoms with Crippen molar-refractivity contribution in [1.82, 2.24) is 15.4 Å². The molecule has 1 saturated heterocycles. The highest BCUT2D eigenvalue weighted by Crippen LogP contribution is 2.59. The van der Waals surface area contributed by atoms with Gasteiger partial charge >= 0.3 is 14.1 Å². The molecule has 0 radical (unpaired) electrons. The van der Waals surface area contributed by atoms with Gasteiger partial charge in [0.25, 0.3) is 5.91 Å². The maximum Gasteiger partial charge on any atom is 0.499 e. The summed E-state index contributed by atoms with van der Waals surface area (Å²) in [4.78, 5) is 38.3. The molecule has 10 heteroatoms. The molecule has 0 bridgehead atoms. The largest absolute Gasteiger partial charge is 0.499 e. The summed E-state index contributed by atoms with van der Waals surface area (Å²) >= 11 is 0. The zero-order valence-electron chi connectivity index (χ0n) is 15.8. The van der Waals surface area contributed by atoms with Crippen LogP contribution in [0.1, 0.15) is 25.8 Å². The Labute approximate surface area is 159 Å². The third-order valence-corrected chi connectivity index (χ3v) is 5.74. The molecule has 0 saturated carbocycles. The van der Waals surface area contributed by atoms with Gasteiger partial charge in [0.15, 0.2) is 6.10 Å². The third-order valence-electron chi connectivity index (χ3n) is 4.14. The van der Waals surface area contributed by atoms with E-state index in [1.54, 1.807) is 12.4 Å². The van der Waals surface area contributed by atoms with Gasteiger partial charge in [-0.2, -0.15) is 9.42 Å². The summed E-state index contributed by atoms with van der Waals surface area (Å²) in [6.07, 6.45) is 3.20. The molecule has 9 nitrogen and oxygen atoms in total. The van der Waals surface area contributed by atoms with Crippen LogP contribution in [0, 0.1) is 5.41 Å². The second-order valence-electron chi connectivity index (χ2n) is 6.90. The molecule has 2 rings (SSSR count). The first-order valence-corrected chi connectivity index (χ1v) is 10.3. The maximum atomic E-state index is 12.5. The van der Waals surface area contributed by atoms with Gasteiger partial charge in [-0.05, 0) is 24.1 Å². The van der Waals surface area contributed by atoms with E-state index in [0.717, 1.165) is 5.56 Å². The van der Waals surface area contributed by atoms with Crippen molar-refractivity contribution >= 4 is 20.0 Å². The van der Waals surface area contributed by atoms with Gasteiger partial charge < -0.3 is 10.1 Å². The summed E-state index contributed by atoms with van der Waals surface area (Å²) in [5.41, 5.74) is 0.424. The monoisotopic (exact) mass is 400 g/mol. The predicted molar refractivity (Wildman–Crippen MR) is 99.3 cm³/mol. The minimum atomic E-state index is -3.37. The van der Waals surface area contributed by atoms with E-state index in [1.165, 1.54) is 7.11 Å². The van der Waals surface area contributed by atoms with E-state index in [9.17, 15) is 14.5 Å². The fraction of sp³-hybridized carbons (Fsp3) is 0.588. The van der Waals surface area contributed by atoms with Gasteiger partial charge in [-0.3, -0.25) is 14.6 Å². The van der Waals surface area contributed by atoms with Crippen LogP contribution < -0.4 is 10.4 Å². The Hall–Kier alpha value is -1.64. The molecule has 0 aromatic carbocycles. The van der Waals surface area contributed by atoms with E-state index in [4.69, 9.17) is 9.05 Å². The van der Waals surface area contributed by atoms with Gasteiger partial charge in [0, 0.05) is 30.9 Å². The lowest BCUT2D eigenvalue weighted by molar-refractivity contribution is -0.142. The van der Waals surface area contributed by atoms with Crippen molar-refractivity contribution in [2.75, 3.05) is 26.8 Å². The average Bonchev–Trinajstić information content (AvgIpc) is 2.64. The topological polar surface area (TPSA) is 119 Å². The van der Waals surface area contributed by atoms with Crippen LogP contribution in [-0.4, -0.2) is 54.7 Å². The second kappa shape index (κ2) is 9.52. The van der Waals surface area contributed by atoms with E-state index in [-0.39, 0.29) is 19.6 Å². The SMILES string of the molecule is COC(=O)CCNC(=O)[C@@H]1O[P+](O)(NCCc2ccncc2)OCC1(C)C. The number of esters is 1. The van der Waals surface area contributed by atoms with Crippen molar-refractivity contribution in [3.05, 3.63) is 30.1 Å². The van der Waals surface area contributed by atoms with Crippen LogP contribution in [0.3, 0.4) is 0 Å². The van der Waals surface area contributed by atoms with Crippen molar-refractivity contribution in [3.63, 3.8) is 0 Å². The Morgan fingerprint density at radius 1 is 1.37 bits per heavy atom. The molecule has 1 fully saturated rings. The van der Waals surface area contributed by atoms with Gasteiger partial charge in [-0.25, -0.2) is 0 Å². The molecule has 2 atom stereocenters. The number of methoxy groups -OCH3 is 1. The first kappa shape index (κ1) is 21.7. The minimum absolute atomic E-state index is 0.0650. The lowest BCUT2D eigenvalue weighted by Gasteiger charge is -2.37. The lowest BCUT2D eigenvalue weighted by atomic mass is 9.87. The zero-order chi connectivity index (χ0) is 19.9. The number of ether oxygens (including phenoxy) is 1. The highest BCUT2D eigenvalue weighted by molar-refractivity contribution is 7.58. The molecule has 27 heavy (non-hydrogen) atoms. The Morgan fingerprint density at radius 2 is 2.07 bits per heavy atom. The third kappa shape index (κ3) is 6.48. The Morgan fingerprint density at radius 3 is 2.74 bits per heavy atom. The van der Waals surface area contributed by atoms with Crippen LogP contribution >= 0.6 is 8.09 Å². The van der Waals surface area contributed by atoms with Gasteiger partial charge in [-0.1, -0.05) is 13.8 Å². The number of amides is 1. The van der Waals surface area contributed by atoms with Crippen LogP contribution in [-0.2, 0) is 29.8 Å². The fourth-order valence-corrected chi connectivity index (χ4v) is 4.30. The number of nitrogens with one attached hydrogen (secondary N) is 2. The van der Waals surface area contributed by atoms with Gasteiger partial charge in [0.2, 0.25) is 0 Å². The molecule has 1 aliphatic rings. The number of carbonyl (C=O) groups excluding carboxylic acids is 2. The molecule has 150 valence electrons. The number of hydrogen-bond donors (Lipinski definition) is 3. The minimum Gasteiger partial charge on any atom is -0.469 e. The first-order valence-electron chi connectivity index (χ1n) is 8.69. The van der Waals surface area contributed by atoms with Crippen molar-refractivity contribution in [2.45, 2.75) is 32.8 Å². The van der Waals surface area contributed by atoms with Crippen LogP contribution in [0.25, 0.3) is 0 Å². The van der Waals surface area contributed by atoms with Gasteiger partial charge in [0.05, 0.1) is 13.5 Å². The molecule has 3 N–H and O–H groups in total. The predicted octanol–water partition coefficient (Wildman–Crippen LogP) is 1.00. The highest BCUT2D eigenvalue weighted by atomic mass is 31.2. The number of nitrogens with zero attached hydrogens (tertiary/aromatic N) is 1. The normalized spacial score (nSPS) is 24.2. The molecule has 1 aromatic rings. The van der Waals surface area contributed by atoms with Crippen molar-refractivity contribution < 1.29 is 28.3 Å². The summed E-state index contributed by atoms with van der Waals surface area (Å²) in [7, 11) is -2.08. The molecule has 2 heterocycles. The molecule has 0 aliphatic carbocycles. The molecule has 0 spiro atoms. The van der Waals surface area contributed by atoms with Crippen LogP contribution in [0.4, 0.5) is 0 Å². The van der Waals surface area contributed by atoms with Crippen molar-refractivity contribution in [3.8, 4) is 0 Å². The second-order valence-corrected chi connectivity index (χ2v) is 8.72. The number of hydrogen-bond acceptors (Lipinski definition) is 8. The van der Waals surface area contributed by atoms with Crippen molar-refractivity contribution in [1.29, 1.82) is 0 Å². The van der Waals surface area contributed by atoms with Gasteiger partial charge in [-0.15, -0.1) is 9.61 Å². The summed E-state index contributed by atoms with van der Waals surface area (Å²) in [6, 6.07) is 3.76. The molecule has 1 amide bonds. The lowest BCUT2D eigenvalue weighted by Crippen LogP contribution is -2.52. The van der Waals surface area contributed by atoms with E-state index in [0.29, 0.717) is 13.0 Å². The average molecular weight is 400 g/mol. The van der Waals surface area contributed by atoms with Crippen LogP contribution in [0.2, 0.25) is 0 Å². The summed E-state index contributed by atoms with van der Waals surface area (Å²) in [5, 5.41) is 5.54. The number of rotatable bonds is 8. The first-order chi connectivity index (χ1) is 12.8. The smallest absolute Gasteiger partial charge is 0.469 e. The van der Waals surface area contributed by atoms with E-state index < -0.39 is 31.5 Å². The van der Waals surface area contributed by atoms with Crippen LogP contribution in [0.15, 0.2) is 24.5 Å². The van der Waals surface area contributed by atoms with Gasteiger partial charge in [0.1, 0.15) is 6.61 Å². The summed E-state index contributed by atoms with van der Waals surface area (Å²) < 4.78 is 15.7. The Balaban J connectivity index is 1.89. The zero-order valence-corrected chi connectivity index (χ0v) is 16.7. The van der Waals surface area contributed by atoms with E-state index in [1.807, 2.05) is 26.0 Å². The molecular weight excluding hydrogens is 373 g/mol. The number of carbonyl (C=O) groups is 2. The summed E-state index contributed by atoms with van der Waals surface area (Å²) in [6.45, 7) is 4.35. The summed E-state index contributed by atoms with van der Waals surface area (Å²) in [5.74, 6) is -0.814. The highest BCUT2D eigenvalue weighted by Gasteiger charge is 2.57. The van der Waals surface area contributed by atoms with E-state index >= 15 is 0 Å². The van der Waals surface area contributed by atoms with E-state index in [2.05, 4.69) is 20.1 Å². The molecule has 1 unspecified atom stereocenters.